The molecular weight excluding hydrogens is 270 g/mol. The van der Waals surface area contributed by atoms with Crippen LogP contribution in [-0.2, 0) is 0 Å². The Labute approximate surface area is 82.9 Å². The minimum atomic E-state index is -1.13. The molecular formula is C4H4BrCl4. The van der Waals surface area contributed by atoms with Crippen LogP contribution in [0, 0.1) is 6.92 Å². The minimum absolute atomic E-state index is 0.159. The summed E-state index contributed by atoms with van der Waals surface area (Å²) < 4.78 is -2.22. The van der Waals surface area contributed by atoms with Gasteiger partial charge in [-0.05, 0) is 22.9 Å². The zero-order valence-electron chi connectivity index (χ0n) is 4.30. The SMILES string of the molecule is [CH2]C(Cl)(Cl)CC(Cl)(Cl)Br. The van der Waals surface area contributed by atoms with Crippen molar-refractivity contribution in [2.45, 2.75) is 14.0 Å². The van der Waals surface area contributed by atoms with Crippen LogP contribution in [-0.4, -0.2) is 7.58 Å². The molecule has 0 unspecified atom stereocenters. The van der Waals surface area contributed by atoms with Crippen LogP contribution < -0.4 is 0 Å². The van der Waals surface area contributed by atoms with Crippen molar-refractivity contribution in [3.8, 4) is 0 Å². The van der Waals surface area contributed by atoms with Crippen molar-refractivity contribution in [2.75, 3.05) is 0 Å². The van der Waals surface area contributed by atoms with E-state index >= 15 is 0 Å². The molecule has 0 aromatic rings. The van der Waals surface area contributed by atoms with E-state index in [2.05, 4.69) is 22.9 Å². The van der Waals surface area contributed by atoms with Crippen molar-refractivity contribution >= 4 is 62.3 Å². The van der Waals surface area contributed by atoms with E-state index in [0.29, 0.717) is 0 Å². The van der Waals surface area contributed by atoms with Crippen LogP contribution in [0.2, 0.25) is 0 Å². The average Bonchev–Trinajstić information content (AvgIpc) is 1.14. The number of hydrogen-bond donors (Lipinski definition) is 0. The van der Waals surface area contributed by atoms with E-state index in [1.807, 2.05) is 0 Å². The van der Waals surface area contributed by atoms with Crippen LogP contribution >= 0.6 is 62.3 Å². The quantitative estimate of drug-likeness (QED) is 0.669. The van der Waals surface area contributed by atoms with E-state index in [1.54, 1.807) is 0 Å². The Kier molecular flexibility index (Phi) is 3.97. The van der Waals surface area contributed by atoms with Crippen LogP contribution in [0.25, 0.3) is 0 Å². The lowest BCUT2D eigenvalue weighted by Gasteiger charge is -2.18. The Morgan fingerprint density at radius 3 is 1.56 bits per heavy atom. The van der Waals surface area contributed by atoms with Gasteiger partial charge in [0.1, 0.15) is 4.33 Å². The highest BCUT2D eigenvalue weighted by Gasteiger charge is 2.30. The molecule has 0 spiro atoms. The minimum Gasteiger partial charge on any atom is -0.102 e. The van der Waals surface area contributed by atoms with E-state index in [-0.39, 0.29) is 6.42 Å². The van der Waals surface area contributed by atoms with Gasteiger partial charge in [0.05, 0.1) is 0 Å². The fraction of sp³-hybridized carbons (Fsp3) is 0.750. The molecule has 55 valence electrons. The highest BCUT2D eigenvalue weighted by Crippen LogP contribution is 2.41. The maximum absolute atomic E-state index is 5.49. The number of alkyl halides is 5. The van der Waals surface area contributed by atoms with Gasteiger partial charge in [-0.25, -0.2) is 0 Å². The Morgan fingerprint density at radius 1 is 1.22 bits per heavy atom. The van der Waals surface area contributed by atoms with Crippen LogP contribution in [0.4, 0.5) is 0 Å². The first-order valence-electron chi connectivity index (χ1n) is 2.01. The topological polar surface area (TPSA) is 0 Å². The van der Waals surface area contributed by atoms with Gasteiger partial charge in [0.15, 0.2) is 3.24 Å². The largest absolute Gasteiger partial charge is 0.175 e. The van der Waals surface area contributed by atoms with E-state index in [4.69, 9.17) is 46.4 Å². The van der Waals surface area contributed by atoms with Crippen molar-refractivity contribution in [2.24, 2.45) is 0 Å². The molecule has 0 amide bonds. The van der Waals surface area contributed by atoms with Crippen LogP contribution in [0.15, 0.2) is 0 Å². The fourth-order valence-corrected chi connectivity index (χ4v) is 2.23. The normalized spacial score (nSPS) is 14.0. The first-order chi connectivity index (χ1) is 3.71. The van der Waals surface area contributed by atoms with Crippen LogP contribution in [0.1, 0.15) is 6.42 Å². The van der Waals surface area contributed by atoms with Gasteiger partial charge < -0.3 is 0 Å². The van der Waals surface area contributed by atoms with Crippen molar-refractivity contribution in [3.63, 3.8) is 0 Å². The third-order valence-electron chi connectivity index (χ3n) is 0.459. The second kappa shape index (κ2) is 3.36. The summed E-state index contributed by atoms with van der Waals surface area (Å²) in [5.74, 6) is 0. The van der Waals surface area contributed by atoms with Gasteiger partial charge >= 0.3 is 0 Å². The highest BCUT2D eigenvalue weighted by atomic mass is 79.9. The van der Waals surface area contributed by atoms with E-state index in [9.17, 15) is 0 Å². The molecule has 0 rings (SSSR count). The number of halogens is 5. The third-order valence-corrected chi connectivity index (χ3v) is 1.27. The average molecular weight is 274 g/mol. The van der Waals surface area contributed by atoms with Gasteiger partial charge in [0, 0.05) is 6.42 Å². The maximum atomic E-state index is 5.49. The number of hydrogen-bond acceptors (Lipinski definition) is 0. The second-order valence-corrected chi connectivity index (χ2v) is 7.04. The summed E-state index contributed by atoms with van der Waals surface area (Å²) in [4.78, 5) is 0. The predicted molar refractivity (Wildman–Crippen MR) is 47.8 cm³/mol. The molecule has 0 fully saturated rings. The van der Waals surface area contributed by atoms with Gasteiger partial charge in [-0.15, -0.1) is 23.2 Å². The van der Waals surface area contributed by atoms with Crippen LogP contribution in [0.5, 0.6) is 0 Å². The van der Waals surface area contributed by atoms with E-state index < -0.39 is 7.58 Å². The van der Waals surface area contributed by atoms with Crippen molar-refractivity contribution in [1.82, 2.24) is 0 Å². The lowest BCUT2D eigenvalue weighted by molar-refractivity contribution is 0.842. The van der Waals surface area contributed by atoms with Gasteiger partial charge in [0.25, 0.3) is 0 Å². The molecule has 0 atom stereocenters. The molecule has 0 heterocycles. The van der Waals surface area contributed by atoms with Crippen molar-refractivity contribution in [3.05, 3.63) is 6.92 Å². The van der Waals surface area contributed by atoms with Gasteiger partial charge in [0.2, 0.25) is 0 Å². The Balaban J connectivity index is 3.75. The number of rotatable bonds is 2. The molecule has 0 aromatic heterocycles. The molecule has 0 nitrogen and oxygen atoms in total. The standard InChI is InChI=1S/C4H4BrCl4/c1-3(6,7)2-4(5,8)9/h1-2H2. The summed E-state index contributed by atoms with van der Waals surface area (Å²) in [5, 5.41) is 0. The van der Waals surface area contributed by atoms with Gasteiger partial charge in [-0.2, -0.15) is 0 Å². The second-order valence-electron chi connectivity index (χ2n) is 1.65. The molecule has 0 N–H and O–H groups in total. The van der Waals surface area contributed by atoms with E-state index in [1.165, 1.54) is 0 Å². The lowest BCUT2D eigenvalue weighted by atomic mass is 10.4. The molecule has 0 aromatic carbocycles. The summed E-state index contributed by atoms with van der Waals surface area (Å²) >= 11 is 24.9. The smallest absolute Gasteiger partial charge is 0.102 e. The van der Waals surface area contributed by atoms with E-state index in [0.717, 1.165) is 0 Å². The Morgan fingerprint density at radius 2 is 1.56 bits per heavy atom. The van der Waals surface area contributed by atoms with Crippen LogP contribution in [0.3, 0.4) is 0 Å². The Hall–Kier alpha value is 1.64. The molecule has 0 bridgehead atoms. The zero-order chi connectivity index (χ0) is 7.71. The summed E-state index contributed by atoms with van der Waals surface area (Å²) in [6, 6.07) is 0. The molecule has 0 saturated carbocycles. The highest BCUT2D eigenvalue weighted by molar-refractivity contribution is 9.11. The molecule has 0 aliphatic carbocycles. The Bertz CT molecular complexity index is 77.7. The zero-order valence-corrected chi connectivity index (χ0v) is 8.91. The first-order valence-corrected chi connectivity index (χ1v) is 4.31. The molecule has 1 radical (unpaired) electrons. The first kappa shape index (κ1) is 10.6. The van der Waals surface area contributed by atoms with Gasteiger partial charge in [-0.3, -0.25) is 0 Å². The molecule has 0 aliphatic heterocycles. The van der Waals surface area contributed by atoms with Crippen molar-refractivity contribution < 1.29 is 0 Å². The van der Waals surface area contributed by atoms with Crippen molar-refractivity contribution in [1.29, 1.82) is 0 Å². The van der Waals surface area contributed by atoms with Gasteiger partial charge in [-0.1, -0.05) is 23.2 Å². The summed E-state index contributed by atoms with van der Waals surface area (Å²) in [6.07, 6.45) is 0.159. The molecule has 9 heavy (non-hydrogen) atoms. The fourth-order valence-electron chi connectivity index (χ4n) is 0.293. The third kappa shape index (κ3) is 9.64. The molecule has 0 aliphatic rings. The summed E-state index contributed by atoms with van der Waals surface area (Å²) in [7, 11) is 0. The predicted octanol–water partition coefficient (Wildman–Crippen LogP) is 3.91. The summed E-state index contributed by atoms with van der Waals surface area (Å²) in [6.45, 7) is 3.39. The molecule has 0 saturated heterocycles. The summed E-state index contributed by atoms with van der Waals surface area (Å²) in [5.41, 5.74) is 0. The monoisotopic (exact) mass is 271 g/mol. The lowest BCUT2D eigenvalue weighted by Crippen LogP contribution is -2.16. The molecule has 5 heteroatoms. The maximum Gasteiger partial charge on any atom is 0.175 e.